The van der Waals surface area contributed by atoms with Gasteiger partial charge in [0.25, 0.3) is 0 Å². The van der Waals surface area contributed by atoms with Gasteiger partial charge in [-0.1, -0.05) is 19.8 Å². The zero-order valence-electron chi connectivity index (χ0n) is 9.59. The minimum Gasteiger partial charge on any atom is -0.346 e. The van der Waals surface area contributed by atoms with Crippen molar-refractivity contribution in [2.45, 2.75) is 45.4 Å². The molecule has 14 heavy (non-hydrogen) atoms. The number of nitrogens with two attached hydrogens (primary N) is 1. The van der Waals surface area contributed by atoms with Gasteiger partial charge in [0, 0.05) is 20.0 Å². The third-order valence-electron chi connectivity index (χ3n) is 2.37. The second kappa shape index (κ2) is 9.00. The van der Waals surface area contributed by atoms with E-state index in [2.05, 4.69) is 6.92 Å². The first kappa shape index (κ1) is 13.4. The number of hydrogen-bond donors (Lipinski definition) is 1. The van der Waals surface area contributed by atoms with Crippen LogP contribution in [0.1, 0.15) is 45.4 Å². The number of hydrogen-bond acceptors (Lipinski definition) is 2. The minimum atomic E-state index is 0.259. The van der Waals surface area contributed by atoms with Gasteiger partial charge in [-0.05, 0) is 25.8 Å². The van der Waals surface area contributed by atoms with Crippen molar-refractivity contribution in [2.75, 3.05) is 20.1 Å². The van der Waals surface area contributed by atoms with E-state index < -0.39 is 0 Å². The average molecular weight is 200 g/mol. The lowest BCUT2D eigenvalue weighted by Crippen LogP contribution is -2.27. The molecule has 0 fully saturated rings. The number of carbonyl (C=O) groups excluding carboxylic acids is 1. The molecule has 0 aromatic carbocycles. The second-order valence-electron chi connectivity index (χ2n) is 3.77. The molecule has 0 saturated carbocycles. The normalized spacial score (nSPS) is 10.2. The molecule has 2 N–H and O–H groups in total. The lowest BCUT2D eigenvalue weighted by Gasteiger charge is -2.16. The van der Waals surface area contributed by atoms with Gasteiger partial charge in [0.1, 0.15) is 0 Å². The molecule has 0 spiro atoms. The first-order valence-electron chi connectivity index (χ1n) is 5.66. The fourth-order valence-electron chi connectivity index (χ4n) is 1.34. The van der Waals surface area contributed by atoms with Gasteiger partial charge in [-0.15, -0.1) is 0 Å². The van der Waals surface area contributed by atoms with Crippen LogP contribution in [0.4, 0.5) is 0 Å². The first-order valence-corrected chi connectivity index (χ1v) is 5.66. The number of carbonyl (C=O) groups is 1. The van der Waals surface area contributed by atoms with Crippen LogP contribution >= 0.6 is 0 Å². The van der Waals surface area contributed by atoms with Gasteiger partial charge in [0.15, 0.2) is 0 Å². The quantitative estimate of drug-likeness (QED) is 0.607. The zero-order valence-corrected chi connectivity index (χ0v) is 9.59. The predicted molar refractivity (Wildman–Crippen MR) is 60.1 cm³/mol. The van der Waals surface area contributed by atoms with Crippen molar-refractivity contribution < 1.29 is 4.79 Å². The van der Waals surface area contributed by atoms with Crippen LogP contribution in [0.25, 0.3) is 0 Å². The van der Waals surface area contributed by atoms with Gasteiger partial charge in [0.05, 0.1) is 0 Å². The molecule has 84 valence electrons. The van der Waals surface area contributed by atoms with Gasteiger partial charge in [-0.2, -0.15) is 0 Å². The Labute approximate surface area is 87.6 Å². The van der Waals surface area contributed by atoms with E-state index in [9.17, 15) is 4.79 Å². The van der Waals surface area contributed by atoms with Crippen LogP contribution < -0.4 is 5.73 Å². The molecule has 0 rings (SSSR count). The molecule has 3 nitrogen and oxygen atoms in total. The summed E-state index contributed by atoms with van der Waals surface area (Å²) < 4.78 is 0. The van der Waals surface area contributed by atoms with E-state index in [1.807, 2.05) is 11.9 Å². The molecule has 0 heterocycles. The van der Waals surface area contributed by atoms with E-state index in [1.54, 1.807) is 0 Å². The smallest absolute Gasteiger partial charge is 0.222 e. The molecule has 0 saturated heterocycles. The van der Waals surface area contributed by atoms with Crippen molar-refractivity contribution in [2.24, 2.45) is 5.73 Å². The highest BCUT2D eigenvalue weighted by Gasteiger charge is 2.06. The van der Waals surface area contributed by atoms with Gasteiger partial charge < -0.3 is 10.6 Å². The van der Waals surface area contributed by atoms with Crippen molar-refractivity contribution in [1.82, 2.24) is 4.90 Å². The molecule has 0 aliphatic rings. The number of unbranched alkanes of at least 4 members (excludes halogenated alkanes) is 3. The Kier molecular flexibility index (Phi) is 8.64. The summed E-state index contributed by atoms with van der Waals surface area (Å²) in [5, 5.41) is 0. The molecule has 3 heteroatoms. The summed E-state index contributed by atoms with van der Waals surface area (Å²) in [5.74, 6) is 0.259. The second-order valence-corrected chi connectivity index (χ2v) is 3.77. The fourth-order valence-corrected chi connectivity index (χ4v) is 1.34. The largest absolute Gasteiger partial charge is 0.346 e. The zero-order chi connectivity index (χ0) is 10.8. The summed E-state index contributed by atoms with van der Waals surface area (Å²) in [6.07, 6.45) is 6.06. The van der Waals surface area contributed by atoms with E-state index in [0.717, 1.165) is 25.8 Å². The van der Waals surface area contributed by atoms with E-state index in [4.69, 9.17) is 5.73 Å². The van der Waals surface area contributed by atoms with Crippen LogP contribution in [0.5, 0.6) is 0 Å². The summed E-state index contributed by atoms with van der Waals surface area (Å²) >= 11 is 0. The topological polar surface area (TPSA) is 46.3 Å². The average Bonchev–Trinajstić information content (AvgIpc) is 2.18. The van der Waals surface area contributed by atoms with Gasteiger partial charge in [-0.25, -0.2) is 0 Å². The summed E-state index contributed by atoms with van der Waals surface area (Å²) in [4.78, 5) is 13.3. The van der Waals surface area contributed by atoms with E-state index in [-0.39, 0.29) is 5.91 Å². The molecule has 1 amide bonds. The predicted octanol–water partition coefficient (Wildman–Crippen LogP) is 1.76. The van der Waals surface area contributed by atoms with Crippen LogP contribution in [0.15, 0.2) is 0 Å². The monoisotopic (exact) mass is 200 g/mol. The summed E-state index contributed by atoms with van der Waals surface area (Å²) in [7, 11) is 1.89. The lowest BCUT2D eigenvalue weighted by atomic mass is 10.2. The number of nitrogens with zero attached hydrogens (tertiary/aromatic N) is 1. The molecule has 0 radical (unpaired) electrons. The van der Waals surface area contributed by atoms with E-state index in [0.29, 0.717) is 13.0 Å². The molecular weight excluding hydrogens is 176 g/mol. The Balaban J connectivity index is 3.44. The van der Waals surface area contributed by atoms with Crippen LogP contribution in [0.3, 0.4) is 0 Å². The molecule has 0 aliphatic carbocycles. The van der Waals surface area contributed by atoms with Crippen molar-refractivity contribution in [3.8, 4) is 0 Å². The Hall–Kier alpha value is -0.570. The van der Waals surface area contributed by atoms with Gasteiger partial charge in [-0.3, -0.25) is 4.79 Å². The first-order chi connectivity index (χ1) is 6.72. The number of amides is 1. The Bertz CT molecular complexity index is 148. The summed E-state index contributed by atoms with van der Waals surface area (Å²) in [6.45, 7) is 3.76. The molecule has 0 atom stereocenters. The molecular formula is C11H24N2O. The maximum atomic E-state index is 11.5. The molecule has 0 aromatic rings. The van der Waals surface area contributed by atoms with Crippen molar-refractivity contribution in [3.05, 3.63) is 0 Å². The van der Waals surface area contributed by atoms with Crippen LogP contribution in [-0.2, 0) is 4.79 Å². The highest BCUT2D eigenvalue weighted by atomic mass is 16.2. The minimum absolute atomic E-state index is 0.259. The Morgan fingerprint density at radius 2 is 1.93 bits per heavy atom. The van der Waals surface area contributed by atoms with Crippen LogP contribution in [0.2, 0.25) is 0 Å². The highest BCUT2D eigenvalue weighted by Crippen LogP contribution is 2.01. The summed E-state index contributed by atoms with van der Waals surface area (Å²) in [5.41, 5.74) is 5.36. The van der Waals surface area contributed by atoms with Crippen LogP contribution in [0, 0.1) is 0 Å². The molecule has 0 unspecified atom stereocenters. The van der Waals surface area contributed by atoms with Crippen LogP contribution in [-0.4, -0.2) is 30.9 Å². The SMILES string of the molecule is CCCCCN(C)C(=O)CCCCN. The van der Waals surface area contributed by atoms with Crippen molar-refractivity contribution >= 4 is 5.91 Å². The Morgan fingerprint density at radius 1 is 1.21 bits per heavy atom. The third-order valence-corrected chi connectivity index (χ3v) is 2.37. The fraction of sp³-hybridized carbons (Fsp3) is 0.909. The standard InChI is InChI=1S/C11H24N2O/c1-3-4-7-10-13(2)11(14)8-5-6-9-12/h3-10,12H2,1-2H3. The van der Waals surface area contributed by atoms with E-state index in [1.165, 1.54) is 12.8 Å². The maximum Gasteiger partial charge on any atom is 0.222 e. The van der Waals surface area contributed by atoms with E-state index >= 15 is 0 Å². The van der Waals surface area contributed by atoms with Gasteiger partial charge >= 0.3 is 0 Å². The maximum absolute atomic E-state index is 11.5. The molecule has 0 aromatic heterocycles. The number of rotatable bonds is 8. The molecule has 0 aliphatic heterocycles. The Morgan fingerprint density at radius 3 is 2.50 bits per heavy atom. The van der Waals surface area contributed by atoms with Gasteiger partial charge in [0.2, 0.25) is 5.91 Å². The third kappa shape index (κ3) is 6.89. The van der Waals surface area contributed by atoms with Crippen molar-refractivity contribution in [1.29, 1.82) is 0 Å². The van der Waals surface area contributed by atoms with Crippen molar-refractivity contribution in [3.63, 3.8) is 0 Å². The lowest BCUT2D eigenvalue weighted by molar-refractivity contribution is -0.130. The highest BCUT2D eigenvalue weighted by molar-refractivity contribution is 5.75. The molecule has 0 bridgehead atoms. The summed E-state index contributed by atoms with van der Waals surface area (Å²) in [6, 6.07) is 0.